The Kier molecular flexibility index (Phi) is 22.3. The van der Waals surface area contributed by atoms with Gasteiger partial charge in [-0.2, -0.15) is 30.0 Å². The maximum atomic E-state index is 14.1. The van der Waals surface area contributed by atoms with Gasteiger partial charge >= 0.3 is 43.0 Å². The molecule has 454 valence electrons. The molecule has 0 saturated carbocycles. The monoisotopic (exact) mass is 1180 g/mol. The average Bonchev–Trinajstić information content (AvgIpc) is 1.96. The van der Waals surface area contributed by atoms with Crippen LogP contribution < -0.4 is 29.5 Å². The number of hydrogen-bond donors (Lipinski definition) is 3. The number of rotatable bonds is 4. The number of allylic oxidation sites excluding steroid dienone is 2. The summed E-state index contributed by atoms with van der Waals surface area (Å²) in [4.78, 5) is 84.8. The molecule has 0 unspecified atom stereocenters. The van der Waals surface area contributed by atoms with Crippen LogP contribution in [0.3, 0.4) is 0 Å². The second kappa shape index (κ2) is 29.3. The molecule has 6 aromatic rings. The summed E-state index contributed by atoms with van der Waals surface area (Å²) in [7, 11) is 1.31. The number of esters is 1. The molecule has 22 heteroatoms. The number of hydrogen-bond acceptors (Lipinski definition) is 14. The van der Waals surface area contributed by atoms with Crippen LogP contribution in [-0.4, -0.2) is 144 Å². The second-order valence-corrected chi connectivity index (χ2v) is 24.0. The normalized spacial score (nSPS) is 22.0. The fourth-order valence-electron chi connectivity index (χ4n) is 11.0. The zero-order valence-electron chi connectivity index (χ0n) is 50.8. The molecule has 0 spiro atoms. The molecule has 4 aliphatic heterocycles. The Morgan fingerprint density at radius 2 is 0.931 bits per heavy atom. The van der Waals surface area contributed by atoms with Crippen LogP contribution in [0, 0.1) is 10.8 Å². The molecule has 4 aromatic carbocycles. The van der Waals surface area contributed by atoms with Crippen molar-refractivity contribution in [2.75, 3.05) is 33.4 Å². The summed E-state index contributed by atoms with van der Waals surface area (Å²) in [6.45, 7) is 11.8. The molecule has 87 heavy (non-hydrogen) atoms. The molecule has 2 saturated heterocycles. The molecule has 2 fully saturated rings. The number of methoxy groups -OCH3 is 1. The summed E-state index contributed by atoms with van der Waals surface area (Å²) in [5.74, 6) is -2.50. The summed E-state index contributed by atoms with van der Waals surface area (Å²) in [6, 6.07) is 31.0. The van der Waals surface area contributed by atoms with Crippen molar-refractivity contribution in [1.29, 1.82) is 0 Å². The fraction of sp³-hybridized carbons (Fsp3) is 0.415. The van der Waals surface area contributed by atoms with Crippen molar-refractivity contribution in [3.8, 4) is 45.0 Å². The number of benzene rings is 4. The SMILES string of the molecule is CC(C)(C)[C@@H]1NC(=O)OCCCC/C=C/c2cccc(c2)-c2nn(nc2-c2ccccc2)[C@@H]2C[C@@H](C(=O)O)N(C2)C1=O.COC(=O)[C@@H]1C[C@@H]2CN1C(=O)[C@H](C(C)(C)C)NC(=O)OCCCC/C=C/c1cccc(c1)-c1nn2nc1-c1ccccc1.[Li+].[OH-]. The summed E-state index contributed by atoms with van der Waals surface area (Å²) in [5, 5.41) is 35.2. The molecular formula is C65H77LiN10O11. The Morgan fingerprint density at radius 1 is 0.552 bits per heavy atom. The topological polar surface area (TPSA) is 272 Å². The number of carbonyl (C=O) groups excluding carboxylic acids is 5. The number of alkyl carbamates (subject to hydrolysis) is 2. The van der Waals surface area contributed by atoms with Gasteiger partial charge < -0.3 is 45.2 Å². The Balaban J connectivity index is 0.000000243. The summed E-state index contributed by atoms with van der Waals surface area (Å²) in [6.07, 6.45) is 12.1. The van der Waals surface area contributed by atoms with Crippen LogP contribution in [0.2, 0.25) is 0 Å². The number of nitrogens with zero attached hydrogens (tertiary/aromatic N) is 8. The predicted octanol–water partition coefficient (Wildman–Crippen LogP) is 7.27. The first-order valence-electron chi connectivity index (χ1n) is 29.1. The Labute approximate surface area is 519 Å². The summed E-state index contributed by atoms with van der Waals surface area (Å²) in [5.41, 5.74) is 7.09. The first-order chi connectivity index (χ1) is 40.8. The van der Waals surface area contributed by atoms with Gasteiger partial charge in [0.15, 0.2) is 0 Å². The van der Waals surface area contributed by atoms with Crippen molar-refractivity contribution in [2.24, 2.45) is 10.8 Å². The largest absolute Gasteiger partial charge is 1.00 e. The maximum Gasteiger partial charge on any atom is 1.00 e. The van der Waals surface area contributed by atoms with Crippen LogP contribution in [0.5, 0.6) is 0 Å². The third-order valence-electron chi connectivity index (χ3n) is 15.6. The van der Waals surface area contributed by atoms with Gasteiger partial charge in [0.05, 0.1) is 32.4 Å². The van der Waals surface area contributed by atoms with Crippen LogP contribution >= 0.6 is 0 Å². The molecule has 21 nitrogen and oxygen atoms in total. The molecule has 4 aliphatic rings. The van der Waals surface area contributed by atoms with E-state index < -0.39 is 77.1 Å². The van der Waals surface area contributed by atoms with Crippen molar-refractivity contribution < 1.29 is 72.4 Å². The number of carboxylic acid groups (broad SMARTS) is 1. The van der Waals surface area contributed by atoms with Crippen molar-refractivity contribution >= 4 is 48.1 Å². The minimum Gasteiger partial charge on any atom is -0.870 e. The molecule has 12 bridgehead atoms. The average molecular weight is 1180 g/mol. The molecule has 4 N–H and O–H groups in total. The number of aromatic nitrogens is 6. The van der Waals surface area contributed by atoms with Gasteiger partial charge in [-0.15, -0.1) is 0 Å². The van der Waals surface area contributed by atoms with Gasteiger partial charge in [-0.3, -0.25) is 9.59 Å². The van der Waals surface area contributed by atoms with Crippen molar-refractivity contribution in [3.05, 3.63) is 132 Å². The van der Waals surface area contributed by atoms with Crippen molar-refractivity contribution in [2.45, 2.75) is 129 Å². The van der Waals surface area contributed by atoms with E-state index in [2.05, 4.69) is 47.1 Å². The molecule has 0 aliphatic carbocycles. The Hall–Kier alpha value is -8.38. The van der Waals surface area contributed by atoms with Gasteiger partial charge in [0, 0.05) is 48.2 Å². The number of cyclic esters (lactones) is 2. The summed E-state index contributed by atoms with van der Waals surface area (Å²) < 4.78 is 15.9. The number of nitrogens with one attached hydrogen (secondary N) is 2. The van der Waals surface area contributed by atoms with E-state index in [9.17, 15) is 33.9 Å². The number of amides is 4. The molecule has 4 amide bonds. The smallest absolute Gasteiger partial charge is 0.870 e. The fourth-order valence-corrected chi connectivity index (χ4v) is 11.0. The first-order valence-corrected chi connectivity index (χ1v) is 29.1. The van der Waals surface area contributed by atoms with Gasteiger partial charge in [0.2, 0.25) is 11.8 Å². The first kappa shape index (κ1) is 66.1. The second-order valence-electron chi connectivity index (χ2n) is 24.0. The summed E-state index contributed by atoms with van der Waals surface area (Å²) >= 11 is 0. The van der Waals surface area contributed by atoms with E-state index in [-0.39, 0.29) is 69.4 Å². The number of aliphatic carboxylic acids is 1. The van der Waals surface area contributed by atoms with Crippen molar-refractivity contribution in [3.63, 3.8) is 0 Å². The minimum atomic E-state index is -1.12. The van der Waals surface area contributed by atoms with Gasteiger partial charge in [-0.25, -0.2) is 19.2 Å². The van der Waals surface area contributed by atoms with Crippen molar-refractivity contribution in [1.82, 2.24) is 50.4 Å². The van der Waals surface area contributed by atoms with E-state index in [1.165, 1.54) is 16.9 Å². The molecule has 6 heterocycles. The van der Waals surface area contributed by atoms with Crippen LogP contribution in [-0.2, 0) is 33.4 Å². The van der Waals surface area contributed by atoms with E-state index in [0.717, 1.165) is 59.1 Å². The molecule has 0 radical (unpaired) electrons. The van der Waals surface area contributed by atoms with Gasteiger partial charge in [-0.05, 0) is 72.6 Å². The van der Waals surface area contributed by atoms with E-state index in [1.54, 1.807) is 9.59 Å². The number of ether oxygens (including phenoxy) is 3. The zero-order valence-corrected chi connectivity index (χ0v) is 50.8. The quantitative estimate of drug-likeness (QED) is 0.0890. The standard InChI is InChI=1S/C33H39N5O5.C32H37N5O5.Li.H2O/c1-33(2,3)29-30(39)37-21-25(20-26(37)31(40)42-4)38-35-27(23-15-9-7-10-16-23)28(36-38)24-17-12-14-22(19-24)13-8-5-6-11-18-43-32(41)34-29;1-32(2,3)28-29(38)36-20-24(19-25(36)30(39)40)37-34-26(22-14-8-6-9-15-22)27(35-37)23-16-11-13-21(18-23)12-7-4-5-10-17-42-31(41)33-28;;/h7-10,12-17,19,25-26,29H,5-6,11,18,20-21H2,1-4H3,(H,34,41);6-9,11-16,18,24-25,28H,4-5,10,17,19-20H2,1-3H3,(H,33,41)(H,39,40);;1H2/q;;+1;/p-1/b13-8+;12-7+;;/t25-,26+,29-;24-,25+,28-;;/m11../s1. The van der Waals surface area contributed by atoms with Crippen LogP contribution in [0.15, 0.2) is 121 Å². The maximum absolute atomic E-state index is 14.1. The number of fused-ring (bicyclic) bond motifs is 16. The Morgan fingerprint density at radius 3 is 1.32 bits per heavy atom. The molecular weight excluding hydrogens is 1100 g/mol. The minimum absolute atomic E-state index is 0. The zero-order chi connectivity index (χ0) is 60.4. The van der Waals surface area contributed by atoms with E-state index in [0.29, 0.717) is 35.6 Å². The third-order valence-corrected chi connectivity index (χ3v) is 15.6. The van der Waals surface area contributed by atoms with Crippen LogP contribution in [0.1, 0.15) is 116 Å². The number of carboxylic acids is 1. The molecule has 2 aromatic heterocycles. The van der Waals surface area contributed by atoms with E-state index >= 15 is 0 Å². The Bertz CT molecular complexity index is 3430. The third kappa shape index (κ3) is 16.2. The van der Waals surface area contributed by atoms with Gasteiger partial charge in [0.1, 0.15) is 46.9 Å². The molecule has 10 rings (SSSR count). The van der Waals surface area contributed by atoms with Crippen LogP contribution in [0.4, 0.5) is 9.59 Å². The predicted molar refractivity (Wildman–Crippen MR) is 323 cm³/mol. The van der Waals surface area contributed by atoms with Crippen LogP contribution in [0.25, 0.3) is 57.2 Å². The van der Waals surface area contributed by atoms with E-state index in [4.69, 9.17) is 34.6 Å². The molecule has 6 atom stereocenters. The van der Waals surface area contributed by atoms with Gasteiger partial charge in [-0.1, -0.05) is 163 Å². The van der Waals surface area contributed by atoms with Gasteiger partial charge in [0.25, 0.3) is 0 Å². The van der Waals surface area contributed by atoms with E-state index in [1.807, 2.05) is 139 Å². The number of carbonyl (C=O) groups is 6.